The number of hydrogen-bond acceptors (Lipinski definition) is 4. The van der Waals surface area contributed by atoms with Crippen molar-refractivity contribution < 1.29 is 0 Å². The number of pyridine rings is 2. The van der Waals surface area contributed by atoms with Crippen LogP contribution in [0, 0.1) is 0 Å². The molecule has 6 aromatic rings. The van der Waals surface area contributed by atoms with E-state index in [1.54, 1.807) is 0 Å². The van der Waals surface area contributed by atoms with E-state index >= 15 is 0 Å². The molecule has 4 nitrogen and oxygen atoms in total. The van der Waals surface area contributed by atoms with Crippen LogP contribution < -0.4 is 10.6 Å². The highest BCUT2D eigenvalue weighted by Gasteiger charge is 2.12. The number of rotatable bonds is 7. The summed E-state index contributed by atoms with van der Waals surface area (Å²) in [5, 5.41) is 14.1. The third-order valence-corrected chi connectivity index (χ3v) is 7.55. The zero-order valence-electron chi connectivity index (χ0n) is 20.2. The molecule has 0 saturated carbocycles. The summed E-state index contributed by atoms with van der Waals surface area (Å²) in [6, 6.07) is 23.2. The van der Waals surface area contributed by atoms with Crippen LogP contribution in [0.5, 0.6) is 0 Å². The highest BCUT2D eigenvalue weighted by molar-refractivity contribution is 6.33. The molecule has 2 aromatic heterocycles. The monoisotopic (exact) mass is 578 g/mol. The summed E-state index contributed by atoms with van der Waals surface area (Å²) in [5.74, 6) is 0. The fourth-order valence-electron chi connectivity index (χ4n) is 4.84. The zero-order chi connectivity index (χ0) is 26.2. The Morgan fingerprint density at radius 3 is 1.03 bits per heavy atom. The minimum Gasteiger partial charge on any atom is -0.384 e. The summed E-state index contributed by atoms with van der Waals surface area (Å²) in [4.78, 5) is 9.54. The van der Waals surface area contributed by atoms with Crippen molar-refractivity contribution in [3.63, 3.8) is 0 Å². The molecule has 4 aromatic carbocycles. The molecule has 0 atom stereocenters. The van der Waals surface area contributed by atoms with Crippen LogP contribution in [0.3, 0.4) is 0 Å². The van der Waals surface area contributed by atoms with Gasteiger partial charge in [0.15, 0.2) is 0 Å². The van der Waals surface area contributed by atoms with Crippen LogP contribution in [0.25, 0.3) is 43.6 Å². The van der Waals surface area contributed by atoms with Crippen LogP contribution in [-0.4, -0.2) is 23.1 Å². The molecule has 2 N–H and O–H groups in total. The van der Waals surface area contributed by atoms with Gasteiger partial charge < -0.3 is 10.6 Å². The minimum atomic E-state index is 0.657. The topological polar surface area (TPSA) is 49.8 Å². The molecule has 0 unspecified atom stereocenters. The fraction of sp³-hybridized carbons (Fsp3) is 0.133. The van der Waals surface area contributed by atoms with Crippen molar-refractivity contribution >= 4 is 101 Å². The maximum absolute atomic E-state index is 6.24. The van der Waals surface area contributed by atoms with Gasteiger partial charge in [-0.1, -0.05) is 46.4 Å². The summed E-state index contributed by atoms with van der Waals surface area (Å²) in [5.41, 5.74) is 5.46. The normalized spacial score (nSPS) is 11.6. The van der Waals surface area contributed by atoms with E-state index < -0.39 is 0 Å². The van der Waals surface area contributed by atoms with E-state index in [0.717, 1.165) is 80.9 Å². The SMILES string of the molecule is Clc1ccc2c(NCCCCNc3c4ccc(Cl)cc4nc4cc(Cl)ccc34)c3ccc(Cl)cc3nc2c1. The third kappa shape index (κ3) is 5.02. The van der Waals surface area contributed by atoms with Crippen molar-refractivity contribution in [2.24, 2.45) is 0 Å². The zero-order valence-corrected chi connectivity index (χ0v) is 23.2. The summed E-state index contributed by atoms with van der Waals surface area (Å²) in [6.07, 6.45) is 1.94. The van der Waals surface area contributed by atoms with Crippen molar-refractivity contribution in [2.45, 2.75) is 12.8 Å². The molecule has 0 saturated heterocycles. The van der Waals surface area contributed by atoms with Gasteiger partial charge in [0.05, 0.1) is 33.4 Å². The molecule has 190 valence electrons. The highest BCUT2D eigenvalue weighted by atomic mass is 35.5. The number of nitrogens with zero attached hydrogens (tertiary/aromatic N) is 2. The van der Waals surface area contributed by atoms with Gasteiger partial charge in [-0.25, -0.2) is 9.97 Å². The molecule has 0 bridgehead atoms. The predicted octanol–water partition coefficient (Wildman–Crippen LogP) is 10.0. The maximum atomic E-state index is 6.24. The largest absolute Gasteiger partial charge is 0.384 e. The van der Waals surface area contributed by atoms with Crippen molar-refractivity contribution in [2.75, 3.05) is 23.7 Å². The fourth-order valence-corrected chi connectivity index (χ4v) is 5.51. The molecule has 8 heteroatoms. The van der Waals surface area contributed by atoms with Crippen LogP contribution in [-0.2, 0) is 0 Å². The Labute approximate surface area is 239 Å². The smallest absolute Gasteiger partial charge is 0.0745 e. The number of nitrogens with one attached hydrogen (secondary N) is 2. The van der Waals surface area contributed by atoms with E-state index in [1.165, 1.54) is 0 Å². The first-order valence-corrected chi connectivity index (χ1v) is 13.8. The molecule has 0 amide bonds. The molecular weight excluding hydrogens is 558 g/mol. The van der Waals surface area contributed by atoms with Gasteiger partial charge in [0, 0.05) is 54.7 Å². The quantitative estimate of drug-likeness (QED) is 0.146. The molecular formula is C30H22Cl4N4. The van der Waals surface area contributed by atoms with Gasteiger partial charge in [-0.3, -0.25) is 0 Å². The average Bonchev–Trinajstić information content (AvgIpc) is 2.88. The predicted molar refractivity (Wildman–Crippen MR) is 165 cm³/mol. The van der Waals surface area contributed by atoms with Crippen molar-refractivity contribution in [1.29, 1.82) is 0 Å². The van der Waals surface area contributed by atoms with Gasteiger partial charge in [0.25, 0.3) is 0 Å². The molecule has 0 fully saturated rings. The molecule has 0 aliphatic heterocycles. The number of fused-ring (bicyclic) bond motifs is 4. The second-order valence-electron chi connectivity index (χ2n) is 9.18. The highest BCUT2D eigenvalue weighted by Crippen LogP contribution is 2.35. The van der Waals surface area contributed by atoms with Crippen LogP contribution >= 0.6 is 46.4 Å². The number of hydrogen-bond donors (Lipinski definition) is 2. The van der Waals surface area contributed by atoms with Crippen molar-refractivity contribution in [1.82, 2.24) is 9.97 Å². The van der Waals surface area contributed by atoms with Crippen LogP contribution in [0.1, 0.15) is 12.8 Å². The maximum Gasteiger partial charge on any atom is 0.0745 e. The molecule has 0 radical (unpaired) electrons. The Morgan fingerprint density at radius 1 is 0.447 bits per heavy atom. The Morgan fingerprint density at radius 2 is 0.737 bits per heavy atom. The van der Waals surface area contributed by atoms with Crippen molar-refractivity contribution in [3.8, 4) is 0 Å². The molecule has 0 aliphatic carbocycles. The standard InChI is InChI=1S/C30H22Cl4N4/c31-17-3-7-21-25(13-17)37-26-14-18(32)4-8-22(26)29(21)35-11-1-2-12-36-30-23-9-5-19(33)15-27(23)38-28-16-20(34)6-10-24(28)30/h3-10,13-16H,1-2,11-12H2,(H,35,37)(H,36,38). The van der Waals surface area contributed by atoms with E-state index in [9.17, 15) is 0 Å². The van der Waals surface area contributed by atoms with E-state index in [1.807, 2.05) is 72.8 Å². The molecule has 6 rings (SSSR count). The first-order chi connectivity index (χ1) is 18.5. The lowest BCUT2D eigenvalue weighted by Crippen LogP contribution is -2.08. The summed E-state index contributed by atoms with van der Waals surface area (Å²) in [7, 11) is 0. The van der Waals surface area contributed by atoms with Gasteiger partial charge in [-0.15, -0.1) is 0 Å². The number of anilines is 2. The van der Waals surface area contributed by atoms with Crippen LogP contribution in [0.15, 0.2) is 72.8 Å². The van der Waals surface area contributed by atoms with Gasteiger partial charge in [-0.05, 0) is 85.6 Å². The lowest BCUT2D eigenvalue weighted by Gasteiger charge is -2.15. The van der Waals surface area contributed by atoms with Gasteiger partial charge >= 0.3 is 0 Å². The lowest BCUT2D eigenvalue weighted by molar-refractivity contribution is 0.797. The number of benzene rings is 4. The van der Waals surface area contributed by atoms with Gasteiger partial charge in [-0.2, -0.15) is 0 Å². The molecule has 38 heavy (non-hydrogen) atoms. The summed E-state index contributed by atoms with van der Waals surface area (Å²) >= 11 is 25.0. The Bertz CT molecular complexity index is 1580. The summed E-state index contributed by atoms with van der Waals surface area (Å²) < 4.78 is 0. The number of halogens is 4. The van der Waals surface area contributed by atoms with Crippen LogP contribution in [0.2, 0.25) is 20.1 Å². The number of unbranched alkanes of at least 4 members (excludes halogenated alkanes) is 1. The van der Waals surface area contributed by atoms with E-state index in [2.05, 4.69) is 10.6 Å². The molecule has 0 spiro atoms. The minimum absolute atomic E-state index is 0.657. The van der Waals surface area contributed by atoms with Crippen molar-refractivity contribution in [3.05, 3.63) is 92.9 Å². The first-order valence-electron chi connectivity index (χ1n) is 12.3. The average molecular weight is 580 g/mol. The number of aromatic nitrogens is 2. The second kappa shape index (κ2) is 10.6. The lowest BCUT2D eigenvalue weighted by atomic mass is 10.1. The molecule has 0 aliphatic rings. The van der Waals surface area contributed by atoms with E-state index in [0.29, 0.717) is 20.1 Å². The Kier molecular flexibility index (Phi) is 7.07. The van der Waals surface area contributed by atoms with Gasteiger partial charge in [0.2, 0.25) is 0 Å². The molecule has 2 heterocycles. The van der Waals surface area contributed by atoms with E-state index in [-0.39, 0.29) is 0 Å². The second-order valence-corrected chi connectivity index (χ2v) is 10.9. The third-order valence-electron chi connectivity index (χ3n) is 6.61. The van der Waals surface area contributed by atoms with Gasteiger partial charge in [0.1, 0.15) is 0 Å². The van der Waals surface area contributed by atoms with Crippen LogP contribution in [0.4, 0.5) is 11.4 Å². The Balaban J connectivity index is 1.19. The first kappa shape index (κ1) is 25.3. The van der Waals surface area contributed by atoms with E-state index in [4.69, 9.17) is 56.4 Å². The Hall–Kier alpha value is -3.02. The summed E-state index contributed by atoms with van der Waals surface area (Å²) in [6.45, 7) is 1.62.